The van der Waals surface area contributed by atoms with Gasteiger partial charge in [0.1, 0.15) is 0 Å². The number of Topliss-reactive ketones (excluding diaryl/α,β-unsaturated/α-hetero) is 1. The Kier molecular flexibility index (Phi) is 4.79. The summed E-state index contributed by atoms with van der Waals surface area (Å²) in [5.74, 6) is -2.42. The second-order valence-corrected chi connectivity index (χ2v) is 6.56. The topological polar surface area (TPSA) is 75.3 Å². The van der Waals surface area contributed by atoms with Gasteiger partial charge in [-0.1, -0.05) is 11.6 Å². The lowest BCUT2D eigenvalue weighted by Crippen LogP contribution is -2.41. The summed E-state index contributed by atoms with van der Waals surface area (Å²) in [6, 6.07) is 2.56. The van der Waals surface area contributed by atoms with Crippen LogP contribution in [0.3, 0.4) is 0 Å². The number of anilines is 1. The van der Waals surface area contributed by atoms with Gasteiger partial charge >= 0.3 is 6.18 Å². The van der Waals surface area contributed by atoms with Crippen molar-refractivity contribution in [1.82, 2.24) is 5.32 Å². The van der Waals surface area contributed by atoms with E-state index in [1.165, 1.54) is 0 Å². The van der Waals surface area contributed by atoms with Crippen LogP contribution in [0, 0.1) is 5.92 Å². The lowest BCUT2D eigenvalue weighted by atomic mass is 9.81. The average molecular weight is 387 g/mol. The van der Waals surface area contributed by atoms with Crippen LogP contribution in [-0.2, 0) is 20.6 Å². The molecule has 2 amide bonds. The first-order valence-corrected chi connectivity index (χ1v) is 8.28. The van der Waals surface area contributed by atoms with Crippen LogP contribution >= 0.6 is 11.6 Å². The van der Waals surface area contributed by atoms with Gasteiger partial charge in [-0.3, -0.25) is 14.4 Å². The zero-order valence-corrected chi connectivity index (χ0v) is 14.1. The Morgan fingerprint density at radius 3 is 2.65 bits per heavy atom. The van der Waals surface area contributed by atoms with E-state index in [1.54, 1.807) is 0 Å². The number of carbonyl (C=O) groups excluding carboxylic acids is 3. The van der Waals surface area contributed by atoms with Crippen molar-refractivity contribution in [3.05, 3.63) is 40.1 Å². The molecule has 0 aromatic heterocycles. The van der Waals surface area contributed by atoms with E-state index in [-0.39, 0.29) is 34.9 Å². The maximum absolute atomic E-state index is 12.9. The molecule has 26 heavy (non-hydrogen) atoms. The molecule has 138 valence electrons. The average Bonchev–Trinajstić information content (AvgIpc) is 2.55. The Balaban J connectivity index is 1.90. The molecule has 0 unspecified atom stereocenters. The van der Waals surface area contributed by atoms with E-state index in [9.17, 15) is 27.6 Å². The smallest absolute Gasteiger partial charge is 0.329 e. The van der Waals surface area contributed by atoms with Gasteiger partial charge in [0.25, 0.3) is 0 Å². The van der Waals surface area contributed by atoms with Crippen molar-refractivity contribution < 1.29 is 27.6 Å². The minimum Gasteiger partial charge on any atom is -0.329 e. The molecule has 0 bridgehead atoms. The van der Waals surface area contributed by atoms with Crippen LogP contribution in [0.1, 0.15) is 31.2 Å². The van der Waals surface area contributed by atoms with Crippen molar-refractivity contribution in [3.8, 4) is 0 Å². The number of benzene rings is 1. The van der Waals surface area contributed by atoms with E-state index in [2.05, 4.69) is 10.6 Å². The molecule has 1 heterocycles. The van der Waals surface area contributed by atoms with Gasteiger partial charge in [0.05, 0.1) is 22.2 Å². The van der Waals surface area contributed by atoms with Gasteiger partial charge in [0, 0.05) is 24.1 Å². The molecule has 1 aromatic carbocycles. The molecule has 9 heteroatoms. The first-order valence-electron chi connectivity index (χ1n) is 7.90. The number of carbonyl (C=O) groups is 3. The summed E-state index contributed by atoms with van der Waals surface area (Å²) in [5, 5.41) is 4.86. The SMILES string of the molecule is O=C1C[C@H](C(=O)Nc2cc(C(F)(F)F)ccc2Cl)C2=C(CCCC2=O)N1. The molecule has 5 nitrogen and oxygen atoms in total. The van der Waals surface area contributed by atoms with Gasteiger partial charge in [-0.05, 0) is 31.0 Å². The van der Waals surface area contributed by atoms with E-state index >= 15 is 0 Å². The van der Waals surface area contributed by atoms with Crippen LogP contribution in [0.4, 0.5) is 18.9 Å². The molecular weight excluding hydrogens is 373 g/mol. The molecule has 1 aliphatic heterocycles. The lowest BCUT2D eigenvalue weighted by Gasteiger charge is -2.30. The van der Waals surface area contributed by atoms with E-state index in [0.717, 1.165) is 18.2 Å². The minimum atomic E-state index is -4.59. The summed E-state index contributed by atoms with van der Waals surface area (Å²) in [6.45, 7) is 0. The molecule has 2 aliphatic rings. The van der Waals surface area contributed by atoms with Crippen LogP contribution in [-0.4, -0.2) is 17.6 Å². The van der Waals surface area contributed by atoms with Crippen molar-refractivity contribution in [1.29, 1.82) is 0 Å². The molecule has 3 rings (SSSR count). The number of ketones is 1. The molecule has 1 aromatic rings. The number of hydrogen-bond donors (Lipinski definition) is 2. The van der Waals surface area contributed by atoms with Gasteiger partial charge < -0.3 is 10.6 Å². The number of nitrogens with one attached hydrogen (secondary N) is 2. The Labute approximate surface area is 151 Å². The first kappa shape index (κ1) is 18.4. The van der Waals surface area contributed by atoms with Crippen LogP contribution in [0.25, 0.3) is 0 Å². The van der Waals surface area contributed by atoms with Gasteiger partial charge in [-0.15, -0.1) is 0 Å². The second-order valence-electron chi connectivity index (χ2n) is 6.16. The van der Waals surface area contributed by atoms with Crippen molar-refractivity contribution in [3.63, 3.8) is 0 Å². The molecule has 0 spiro atoms. The number of alkyl halides is 3. The summed E-state index contributed by atoms with van der Waals surface area (Å²) >= 11 is 5.88. The van der Waals surface area contributed by atoms with Crippen molar-refractivity contribution in [2.45, 2.75) is 31.9 Å². The largest absolute Gasteiger partial charge is 0.416 e. The quantitative estimate of drug-likeness (QED) is 0.817. The third-order valence-electron chi connectivity index (χ3n) is 4.35. The van der Waals surface area contributed by atoms with Gasteiger partial charge in [0.2, 0.25) is 11.8 Å². The van der Waals surface area contributed by atoms with E-state index < -0.39 is 29.5 Å². The first-order chi connectivity index (χ1) is 12.2. The summed E-state index contributed by atoms with van der Waals surface area (Å²) < 4.78 is 38.6. The standard InChI is InChI=1S/C17H14ClF3N2O3/c18-10-5-4-8(17(19,20)21)6-12(10)23-16(26)9-7-14(25)22-11-2-1-3-13(24)15(9)11/h4-6,9H,1-3,7H2,(H,22,25)(H,23,26)/t9-/m0/s1. The predicted molar refractivity (Wildman–Crippen MR) is 87.2 cm³/mol. The highest BCUT2D eigenvalue weighted by Gasteiger charge is 2.38. The zero-order chi connectivity index (χ0) is 19.1. The van der Waals surface area contributed by atoms with Crippen molar-refractivity contribution in [2.75, 3.05) is 5.32 Å². The maximum Gasteiger partial charge on any atom is 0.416 e. The summed E-state index contributed by atoms with van der Waals surface area (Å²) in [5.41, 5.74) is -0.528. The number of amides is 2. The third kappa shape index (κ3) is 3.60. The minimum absolute atomic E-state index is 0.0733. The number of rotatable bonds is 2. The van der Waals surface area contributed by atoms with Gasteiger partial charge in [0.15, 0.2) is 5.78 Å². The Hall–Kier alpha value is -2.35. The molecule has 0 fully saturated rings. The Bertz CT molecular complexity index is 833. The van der Waals surface area contributed by atoms with E-state index in [0.29, 0.717) is 18.5 Å². The normalized spacial score (nSPS) is 20.5. The molecule has 0 saturated carbocycles. The fraction of sp³-hybridized carbons (Fsp3) is 0.353. The third-order valence-corrected chi connectivity index (χ3v) is 4.68. The molecule has 0 saturated heterocycles. The predicted octanol–water partition coefficient (Wildman–Crippen LogP) is 3.44. The van der Waals surface area contributed by atoms with Gasteiger partial charge in [-0.2, -0.15) is 13.2 Å². The Morgan fingerprint density at radius 1 is 1.23 bits per heavy atom. The van der Waals surface area contributed by atoms with E-state index in [1.807, 2.05) is 0 Å². The maximum atomic E-state index is 12.9. The molecule has 0 radical (unpaired) electrons. The van der Waals surface area contributed by atoms with Crippen molar-refractivity contribution >= 4 is 34.9 Å². The highest BCUT2D eigenvalue weighted by atomic mass is 35.5. The molecule has 1 atom stereocenters. The zero-order valence-electron chi connectivity index (χ0n) is 13.4. The van der Waals surface area contributed by atoms with E-state index in [4.69, 9.17) is 11.6 Å². The van der Waals surface area contributed by atoms with Crippen LogP contribution in [0.15, 0.2) is 29.5 Å². The van der Waals surface area contributed by atoms with Gasteiger partial charge in [-0.25, -0.2) is 0 Å². The number of allylic oxidation sites excluding steroid dienone is 1. The fourth-order valence-electron chi connectivity index (χ4n) is 3.15. The Morgan fingerprint density at radius 2 is 1.96 bits per heavy atom. The lowest BCUT2D eigenvalue weighted by molar-refractivity contribution is -0.137. The fourth-order valence-corrected chi connectivity index (χ4v) is 3.31. The summed E-state index contributed by atoms with van der Waals surface area (Å²) in [6.07, 6.45) is -3.52. The number of hydrogen-bond acceptors (Lipinski definition) is 3. The highest BCUT2D eigenvalue weighted by molar-refractivity contribution is 6.33. The molecule has 2 N–H and O–H groups in total. The second kappa shape index (κ2) is 6.75. The summed E-state index contributed by atoms with van der Waals surface area (Å²) in [7, 11) is 0. The van der Waals surface area contributed by atoms with Crippen LogP contribution in [0.2, 0.25) is 5.02 Å². The monoisotopic (exact) mass is 386 g/mol. The number of halogens is 4. The van der Waals surface area contributed by atoms with Crippen molar-refractivity contribution in [2.24, 2.45) is 5.92 Å². The molecular formula is C17H14ClF3N2O3. The highest BCUT2D eigenvalue weighted by Crippen LogP contribution is 2.36. The molecule has 1 aliphatic carbocycles. The van der Waals surface area contributed by atoms with Crippen LogP contribution < -0.4 is 10.6 Å². The summed E-state index contributed by atoms with van der Waals surface area (Å²) in [4.78, 5) is 36.6. The van der Waals surface area contributed by atoms with Crippen LogP contribution in [0.5, 0.6) is 0 Å².